The highest BCUT2D eigenvalue weighted by atomic mass is 16.5. The van der Waals surface area contributed by atoms with Crippen molar-refractivity contribution in [1.82, 2.24) is 0 Å². The fraction of sp³-hybridized carbons (Fsp3) is 0.667. The van der Waals surface area contributed by atoms with Crippen molar-refractivity contribution in [2.75, 3.05) is 13.2 Å². The lowest BCUT2D eigenvalue weighted by Crippen LogP contribution is -1.85. The van der Waals surface area contributed by atoms with Crippen LogP contribution >= 0.6 is 0 Å². The van der Waals surface area contributed by atoms with E-state index in [-0.39, 0.29) is 0 Å². The summed E-state index contributed by atoms with van der Waals surface area (Å²) in [7, 11) is 0. The molecule has 0 heterocycles. The van der Waals surface area contributed by atoms with E-state index in [0.717, 1.165) is 26.1 Å². The molecule has 0 aromatic rings. The third-order valence-corrected chi connectivity index (χ3v) is 1.69. The summed E-state index contributed by atoms with van der Waals surface area (Å²) in [5.41, 5.74) is 0. The largest absolute Gasteiger partial charge is 0.501 e. The Morgan fingerprint density at radius 3 is 1.57 bits per heavy atom. The Hall–Kier alpha value is -0.920. The van der Waals surface area contributed by atoms with E-state index in [1.807, 2.05) is 12.2 Å². The number of ether oxygens (including phenoxy) is 2. The zero-order valence-corrected chi connectivity index (χ0v) is 9.37. The van der Waals surface area contributed by atoms with Crippen LogP contribution in [0.4, 0.5) is 0 Å². The molecule has 0 N–H and O–H groups in total. The van der Waals surface area contributed by atoms with Crippen LogP contribution in [0.2, 0.25) is 0 Å². The van der Waals surface area contributed by atoms with E-state index < -0.39 is 0 Å². The van der Waals surface area contributed by atoms with Gasteiger partial charge < -0.3 is 9.47 Å². The van der Waals surface area contributed by atoms with Gasteiger partial charge in [-0.25, -0.2) is 0 Å². The molecule has 0 radical (unpaired) electrons. The van der Waals surface area contributed by atoms with Gasteiger partial charge in [-0.1, -0.05) is 26.7 Å². The van der Waals surface area contributed by atoms with E-state index in [0.29, 0.717) is 0 Å². The normalized spacial score (nSPS) is 11.3. The minimum absolute atomic E-state index is 0.803. The molecule has 0 bridgehead atoms. The Morgan fingerprint density at radius 2 is 1.21 bits per heavy atom. The van der Waals surface area contributed by atoms with Crippen LogP contribution in [0.15, 0.2) is 24.7 Å². The average molecular weight is 198 g/mol. The smallest absolute Gasteiger partial charge is 0.0873 e. The molecule has 0 fully saturated rings. The molecule has 0 amide bonds. The van der Waals surface area contributed by atoms with E-state index in [1.165, 1.54) is 12.8 Å². The highest BCUT2D eigenvalue weighted by Crippen LogP contribution is 1.90. The summed E-state index contributed by atoms with van der Waals surface area (Å²) in [6.45, 7) is 5.90. The van der Waals surface area contributed by atoms with Crippen LogP contribution in [0.5, 0.6) is 0 Å². The molecule has 0 aliphatic rings. The second-order valence-corrected chi connectivity index (χ2v) is 3.11. The van der Waals surface area contributed by atoms with Gasteiger partial charge in [-0.3, -0.25) is 0 Å². The lowest BCUT2D eigenvalue weighted by molar-refractivity contribution is 0.240. The van der Waals surface area contributed by atoms with Crippen LogP contribution in [0.25, 0.3) is 0 Å². The quantitative estimate of drug-likeness (QED) is 0.320. The van der Waals surface area contributed by atoms with E-state index in [1.54, 1.807) is 12.5 Å². The van der Waals surface area contributed by atoms with Gasteiger partial charge in [-0.05, 0) is 25.0 Å². The number of hydrogen-bond acceptors (Lipinski definition) is 2. The molecule has 0 unspecified atom stereocenters. The second kappa shape index (κ2) is 12.1. The monoisotopic (exact) mass is 198 g/mol. The molecule has 0 aromatic heterocycles. The highest BCUT2D eigenvalue weighted by molar-refractivity contribution is 4.96. The molecule has 0 rings (SSSR count). The van der Waals surface area contributed by atoms with Gasteiger partial charge >= 0.3 is 0 Å². The van der Waals surface area contributed by atoms with E-state index in [4.69, 9.17) is 9.47 Å². The maximum absolute atomic E-state index is 5.21. The summed E-state index contributed by atoms with van der Waals surface area (Å²) in [5.74, 6) is 0. The molecule has 0 aromatic carbocycles. The first-order chi connectivity index (χ1) is 6.91. The van der Waals surface area contributed by atoms with Gasteiger partial charge in [-0.2, -0.15) is 0 Å². The molecular weight excluding hydrogens is 176 g/mol. The summed E-state index contributed by atoms with van der Waals surface area (Å²) in [6, 6.07) is 0. The zero-order valence-electron chi connectivity index (χ0n) is 9.37. The average Bonchev–Trinajstić information content (AvgIpc) is 2.21. The fourth-order valence-electron chi connectivity index (χ4n) is 0.793. The predicted octanol–water partition coefficient (Wildman–Crippen LogP) is 3.65. The molecule has 2 heteroatoms. The first-order valence-corrected chi connectivity index (χ1v) is 5.46. The van der Waals surface area contributed by atoms with E-state index in [2.05, 4.69) is 13.8 Å². The summed E-state index contributed by atoms with van der Waals surface area (Å²) >= 11 is 0. The fourth-order valence-corrected chi connectivity index (χ4v) is 0.793. The Labute approximate surface area is 87.6 Å². The Balaban J connectivity index is 3.15. The molecule has 0 aliphatic carbocycles. The Kier molecular flexibility index (Phi) is 11.3. The lowest BCUT2D eigenvalue weighted by Gasteiger charge is -1.97. The number of rotatable bonds is 9. The number of hydrogen-bond donors (Lipinski definition) is 0. The molecule has 82 valence electrons. The van der Waals surface area contributed by atoms with Crippen LogP contribution in [0.1, 0.15) is 39.5 Å². The van der Waals surface area contributed by atoms with E-state index in [9.17, 15) is 0 Å². The lowest BCUT2D eigenvalue weighted by atomic mass is 10.4. The summed E-state index contributed by atoms with van der Waals surface area (Å²) < 4.78 is 10.4. The zero-order chi connectivity index (χ0) is 10.5. The first-order valence-electron chi connectivity index (χ1n) is 5.46. The van der Waals surface area contributed by atoms with Crippen LogP contribution in [0.3, 0.4) is 0 Å². The van der Waals surface area contributed by atoms with Gasteiger partial charge in [0.25, 0.3) is 0 Å². The van der Waals surface area contributed by atoms with Crippen molar-refractivity contribution >= 4 is 0 Å². The number of unbranched alkanes of at least 4 members (excludes halogenated alkanes) is 2. The van der Waals surface area contributed by atoms with Crippen LogP contribution in [0, 0.1) is 0 Å². The highest BCUT2D eigenvalue weighted by Gasteiger charge is 1.80. The van der Waals surface area contributed by atoms with Gasteiger partial charge in [-0.15, -0.1) is 0 Å². The Bertz CT molecular complexity index is 132. The predicted molar refractivity (Wildman–Crippen MR) is 60.0 cm³/mol. The molecule has 0 aliphatic heterocycles. The van der Waals surface area contributed by atoms with Gasteiger partial charge in [0.15, 0.2) is 0 Å². The van der Waals surface area contributed by atoms with Crippen molar-refractivity contribution in [2.45, 2.75) is 39.5 Å². The van der Waals surface area contributed by atoms with Gasteiger partial charge in [0.1, 0.15) is 0 Å². The summed E-state index contributed by atoms with van der Waals surface area (Å²) in [6.07, 6.45) is 11.7. The molecule has 0 saturated carbocycles. The first kappa shape index (κ1) is 13.1. The van der Waals surface area contributed by atoms with Crippen molar-refractivity contribution < 1.29 is 9.47 Å². The molecule has 0 spiro atoms. The van der Waals surface area contributed by atoms with Crippen LogP contribution in [-0.2, 0) is 9.47 Å². The van der Waals surface area contributed by atoms with Gasteiger partial charge in [0.05, 0.1) is 25.7 Å². The van der Waals surface area contributed by atoms with Crippen molar-refractivity contribution in [3.63, 3.8) is 0 Å². The van der Waals surface area contributed by atoms with Gasteiger partial charge in [0, 0.05) is 0 Å². The van der Waals surface area contributed by atoms with Crippen molar-refractivity contribution in [3.8, 4) is 0 Å². The SMILES string of the molecule is CCCCOC=CC=COCCCC. The minimum atomic E-state index is 0.803. The van der Waals surface area contributed by atoms with Crippen LogP contribution < -0.4 is 0 Å². The maximum atomic E-state index is 5.21. The van der Waals surface area contributed by atoms with E-state index >= 15 is 0 Å². The third kappa shape index (κ3) is 11.1. The van der Waals surface area contributed by atoms with Crippen molar-refractivity contribution in [3.05, 3.63) is 24.7 Å². The molecule has 0 saturated heterocycles. The maximum Gasteiger partial charge on any atom is 0.0873 e. The van der Waals surface area contributed by atoms with Gasteiger partial charge in [0.2, 0.25) is 0 Å². The standard InChI is InChI=1S/C12H22O2/c1-3-5-9-13-11-7-8-12-14-10-6-4-2/h7-8,11-12H,3-6,9-10H2,1-2H3. The molecule has 0 atom stereocenters. The molecular formula is C12H22O2. The number of allylic oxidation sites excluding steroid dienone is 2. The second-order valence-electron chi connectivity index (χ2n) is 3.11. The van der Waals surface area contributed by atoms with Crippen molar-refractivity contribution in [1.29, 1.82) is 0 Å². The molecule has 14 heavy (non-hydrogen) atoms. The minimum Gasteiger partial charge on any atom is -0.501 e. The summed E-state index contributed by atoms with van der Waals surface area (Å²) in [4.78, 5) is 0. The van der Waals surface area contributed by atoms with Crippen LogP contribution in [-0.4, -0.2) is 13.2 Å². The topological polar surface area (TPSA) is 18.5 Å². The third-order valence-electron chi connectivity index (χ3n) is 1.69. The molecule has 2 nitrogen and oxygen atoms in total. The summed E-state index contributed by atoms with van der Waals surface area (Å²) in [5, 5.41) is 0. The Morgan fingerprint density at radius 1 is 0.786 bits per heavy atom. The van der Waals surface area contributed by atoms with Crippen molar-refractivity contribution in [2.24, 2.45) is 0 Å².